The van der Waals surface area contributed by atoms with E-state index in [0.29, 0.717) is 0 Å². The highest BCUT2D eigenvalue weighted by molar-refractivity contribution is 7.19. The number of aryl methyl sites for hydroxylation is 1. The first-order valence-electron chi connectivity index (χ1n) is 6.37. The molecule has 3 rings (SSSR count). The second-order valence-electron chi connectivity index (χ2n) is 4.59. The van der Waals surface area contributed by atoms with E-state index in [4.69, 9.17) is 11.6 Å². The van der Waals surface area contributed by atoms with Crippen LogP contribution in [0.3, 0.4) is 0 Å². The van der Waals surface area contributed by atoms with Gasteiger partial charge in [-0.3, -0.25) is 4.99 Å². The number of fused-ring (bicyclic) bond motifs is 1. The number of aliphatic imine (C=N–C) groups is 1. The summed E-state index contributed by atoms with van der Waals surface area (Å²) in [6.45, 7) is 4.15. The molecule has 98 valence electrons. The molecule has 1 unspecified atom stereocenters. The average molecular weight is 291 g/mol. The lowest BCUT2D eigenvalue weighted by molar-refractivity contribution is 0.856. The first kappa shape index (κ1) is 12.7. The summed E-state index contributed by atoms with van der Waals surface area (Å²) in [7, 11) is 0. The van der Waals surface area contributed by atoms with Crippen molar-refractivity contribution in [3.05, 3.63) is 45.9 Å². The second kappa shape index (κ2) is 4.99. The molecule has 0 saturated carbocycles. The van der Waals surface area contributed by atoms with Crippen LogP contribution in [0.15, 0.2) is 40.5 Å². The Morgan fingerprint density at radius 3 is 2.95 bits per heavy atom. The van der Waals surface area contributed by atoms with Crippen molar-refractivity contribution in [2.24, 2.45) is 4.99 Å². The summed E-state index contributed by atoms with van der Waals surface area (Å²) >= 11 is 8.14. The van der Waals surface area contributed by atoms with Gasteiger partial charge in [-0.05, 0) is 30.4 Å². The van der Waals surface area contributed by atoms with Gasteiger partial charge in [0.2, 0.25) is 0 Å². The number of halogens is 1. The predicted molar refractivity (Wildman–Crippen MR) is 84.1 cm³/mol. The van der Waals surface area contributed by atoms with Crippen LogP contribution < -0.4 is 5.32 Å². The number of nitrogens with zero attached hydrogens (tertiary/aromatic N) is 1. The van der Waals surface area contributed by atoms with E-state index in [0.717, 1.165) is 17.3 Å². The maximum atomic E-state index is 6.34. The van der Waals surface area contributed by atoms with Crippen LogP contribution in [-0.2, 0) is 6.42 Å². The summed E-state index contributed by atoms with van der Waals surface area (Å²) in [6.07, 6.45) is 2.85. The van der Waals surface area contributed by atoms with Crippen LogP contribution in [0.2, 0.25) is 0 Å². The summed E-state index contributed by atoms with van der Waals surface area (Å²) < 4.78 is 1.31. The third-order valence-electron chi connectivity index (χ3n) is 3.33. The van der Waals surface area contributed by atoms with Crippen LogP contribution in [0.4, 0.5) is 0 Å². The Balaban J connectivity index is 2.19. The molecule has 2 aromatic rings. The van der Waals surface area contributed by atoms with E-state index in [1.807, 2.05) is 13.1 Å². The minimum absolute atomic E-state index is 0.0460. The van der Waals surface area contributed by atoms with Crippen LogP contribution >= 0.6 is 22.9 Å². The lowest BCUT2D eigenvalue weighted by Crippen LogP contribution is -2.20. The van der Waals surface area contributed by atoms with Gasteiger partial charge in [0.15, 0.2) is 0 Å². The highest BCUT2D eigenvalue weighted by atomic mass is 35.5. The summed E-state index contributed by atoms with van der Waals surface area (Å²) in [5.41, 5.74) is 1.37. The van der Waals surface area contributed by atoms with Gasteiger partial charge in [-0.15, -0.1) is 11.3 Å². The molecule has 19 heavy (non-hydrogen) atoms. The Labute approximate surface area is 121 Å². The number of thiophene rings is 1. The summed E-state index contributed by atoms with van der Waals surface area (Å²) in [5, 5.41) is 5.15. The second-order valence-corrected chi connectivity index (χ2v) is 6.11. The largest absolute Gasteiger partial charge is 0.349 e. The zero-order valence-corrected chi connectivity index (χ0v) is 12.5. The molecular weight excluding hydrogens is 276 g/mol. The van der Waals surface area contributed by atoms with E-state index in [-0.39, 0.29) is 6.04 Å². The fourth-order valence-corrected chi connectivity index (χ4v) is 4.06. The van der Waals surface area contributed by atoms with Crippen molar-refractivity contribution < 1.29 is 0 Å². The Hall–Kier alpha value is -1.32. The summed E-state index contributed by atoms with van der Waals surface area (Å²) in [5.74, 6) is 0.911. The zero-order chi connectivity index (χ0) is 13.4. The molecule has 0 fully saturated rings. The van der Waals surface area contributed by atoms with Crippen molar-refractivity contribution in [2.75, 3.05) is 0 Å². The maximum Gasteiger partial charge on any atom is 0.123 e. The van der Waals surface area contributed by atoms with Gasteiger partial charge in [-0.2, -0.15) is 0 Å². The van der Waals surface area contributed by atoms with E-state index in [2.05, 4.69) is 41.5 Å². The number of rotatable bonds is 2. The van der Waals surface area contributed by atoms with Gasteiger partial charge in [0.25, 0.3) is 0 Å². The molecule has 1 aromatic heterocycles. The van der Waals surface area contributed by atoms with Crippen molar-refractivity contribution in [2.45, 2.75) is 26.3 Å². The van der Waals surface area contributed by atoms with Crippen molar-refractivity contribution in [3.63, 3.8) is 0 Å². The molecule has 1 atom stereocenters. The maximum absolute atomic E-state index is 6.34. The van der Waals surface area contributed by atoms with Gasteiger partial charge in [0, 0.05) is 15.8 Å². The van der Waals surface area contributed by atoms with E-state index in [9.17, 15) is 0 Å². The Bertz CT molecular complexity index is 685. The van der Waals surface area contributed by atoms with Crippen LogP contribution in [0, 0.1) is 0 Å². The molecule has 0 saturated heterocycles. The third-order valence-corrected chi connectivity index (χ3v) is 4.92. The SMILES string of the molecule is CCc1c(C2N=C(C)NC=C2Cl)sc2ccccc12. The number of amidine groups is 1. The molecule has 1 aliphatic heterocycles. The number of nitrogens with one attached hydrogen (secondary N) is 1. The molecule has 1 aliphatic rings. The van der Waals surface area contributed by atoms with Gasteiger partial charge in [0.1, 0.15) is 6.04 Å². The predicted octanol–water partition coefficient (Wildman–Crippen LogP) is 4.61. The molecule has 0 spiro atoms. The van der Waals surface area contributed by atoms with Gasteiger partial charge in [-0.1, -0.05) is 36.7 Å². The van der Waals surface area contributed by atoms with Crippen molar-refractivity contribution in [1.82, 2.24) is 5.32 Å². The topological polar surface area (TPSA) is 24.4 Å². The zero-order valence-electron chi connectivity index (χ0n) is 10.9. The molecule has 4 heteroatoms. The van der Waals surface area contributed by atoms with Gasteiger partial charge >= 0.3 is 0 Å². The first-order valence-corrected chi connectivity index (χ1v) is 7.57. The fourth-order valence-electron chi connectivity index (χ4n) is 2.43. The fraction of sp³-hybridized carbons (Fsp3) is 0.267. The van der Waals surface area contributed by atoms with Crippen LogP contribution in [-0.4, -0.2) is 5.84 Å². The van der Waals surface area contributed by atoms with Crippen LogP contribution in [0.25, 0.3) is 10.1 Å². The number of hydrogen-bond acceptors (Lipinski definition) is 3. The lowest BCUT2D eigenvalue weighted by atomic mass is 10.0. The van der Waals surface area contributed by atoms with Crippen molar-refractivity contribution >= 4 is 38.9 Å². The lowest BCUT2D eigenvalue weighted by Gasteiger charge is -2.18. The Morgan fingerprint density at radius 2 is 2.16 bits per heavy atom. The van der Waals surface area contributed by atoms with E-state index in [1.165, 1.54) is 20.5 Å². The molecule has 1 N–H and O–H groups in total. The molecule has 0 bridgehead atoms. The monoisotopic (exact) mass is 290 g/mol. The van der Waals surface area contributed by atoms with Crippen molar-refractivity contribution in [3.8, 4) is 0 Å². The highest BCUT2D eigenvalue weighted by Crippen LogP contribution is 2.41. The molecule has 2 nitrogen and oxygen atoms in total. The molecule has 1 aromatic carbocycles. The normalized spacial score (nSPS) is 19.0. The highest BCUT2D eigenvalue weighted by Gasteiger charge is 2.23. The van der Waals surface area contributed by atoms with E-state index >= 15 is 0 Å². The molecule has 2 heterocycles. The van der Waals surface area contributed by atoms with Gasteiger partial charge in [0.05, 0.1) is 10.9 Å². The van der Waals surface area contributed by atoms with Gasteiger partial charge in [-0.25, -0.2) is 0 Å². The molecule has 0 amide bonds. The summed E-state index contributed by atoms with van der Waals surface area (Å²) in [6, 6.07) is 8.47. The molecule has 0 aliphatic carbocycles. The first-order chi connectivity index (χ1) is 9.20. The molecule has 0 radical (unpaired) electrons. The Kier molecular flexibility index (Phi) is 3.33. The number of benzene rings is 1. The van der Waals surface area contributed by atoms with Crippen LogP contribution in [0.5, 0.6) is 0 Å². The smallest absolute Gasteiger partial charge is 0.123 e. The third kappa shape index (κ3) is 2.17. The minimum Gasteiger partial charge on any atom is -0.349 e. The standard InChI is InChI=1S/C15H15ClN2S/c1-3-10-11-6-4-5-7-13(11)19-15(10)14-12(16)8-17-9(2)18-14/h4-8,14H,3H2,1-2H3,(H,17,18). The summed E-state index contributed by atoms with van der Waals surface area (Å²) in [4.78, 5) is 5.92. The quantitative estimate of drug-likeness (QED) is 0.858. The van der Waals surface area contributed by atoms with E-state index < -0.39 is 0 Å². The van der Waals surface area contributed by atoms with E-state index in [1.54, 1.807) is 11.3 Å². The van der Waals surface area contributed by atoms with Crippen molar-refractivity contribution in [1.29, 1.82) is 0 Å². The Morgan fingerprint density at radius 1 is 1.37 bits per heavy atom. The molecular formula is C15H15ClN2S. The van der Waals surface area contributed by atoms with Gasteiger partial charge < -0.3 is 5.32 Å². The number of hydrogen-bond donors (Lipinski definition) is 1. The average Bonchev–Trinajstić information content (AvgIpc) is 2.79. The minimum atomic E-state index is -0.0460. The van der Waals surface area contributed by atoms with Crippen LogP contribution in [0.1, 0.15) is 30.3 Å².